The molecule has 0 bridgehead atoms. The number of rotatable bonds is 2. The highest BCUT2D eigenvalue weighted by Crippen LogP contribution is 2.38. The van der Waals surface area contributed by atoms with Crippen LogP contribution in [-0.2, 0) is 0 Å². The zero-order valence-corrected chi connectivity index (χ0v) is 17.7. The van der Waals surface area contributed by atoms with Gasteiger partial charge in [-0.3, -0.25) is 0 Å². The Bertz CT molecular complexity index is 1630. The van der Waals surface area contributed by atoms with Gasteiger partial charge in [0.1, 0.15) is 11.9 Å². The molecule has 3 aromatic carbocycles. The number of para-hydroxylation sites is 1. The summed E-state index contributed by atoms with van der Waals surface area (Å²) in [6.07, 6.45) is 1.65. The maximum atomic E-state index is 6.32. The lowest BCUT2D eigenvalue weighted by molar-refractivity contribution is 0.648. The Morgan fingerprint density at radius 1 is 0.806 bits per heavy atom. The second-order valence-corrected chi connectivity index (χ2v) is 8.38. The van der Waals surface area contributed by atoms with E-state index in [2.05, 4.69) is 91.4 Å². The average molecular weight is 403 g/mol. The molecule has 0 atom stereocenters. The van der Waals surface area contributed by atoms with E-state index in [-0.39, 0.29) is 0 Å². The van der Waals surface area contributed by atoms with Gasteiger partial charge in [-0.2, -0.15) is 0 Å². The summed E-state index contributed by atoms with van der Waals surface area (Å²) < 4.78 is 6.32. The Morgan fingerprint density at radius 3 is 2.52 bits per heavy atom. The molecule has 31 heavy (non-hydrogen) atoms. The van der Waals surface area contributed by atoms with Crippen LogP contribution in [0.2, 0.25) is 0 Å². The molecule has 0 unspecified atom stereocenters. The minimum atomic E-state index is 0.347. The van der Waals surface area contributed by atoms with Gasteiger partial charge >= 0.3 is 0 Å². The molecule has 0 spiro atoms. The van der Waals surface area contributed by atoms with E-state index in [1.165, 1.54) is 16.3 Å². The summed E-state index contributed by atoms with van der Waals surface area (Å²) >= 11 is 0. The molecule has 0 aliphatic rings. The molecule has 0 saturated carbocycles. The van der Waals surface area contributed by atoms with Gasteiger partial charge in [-0.1, -0.05) is 50.2 Å². The minimum Gasteiger partial charge on any atom is -0.437 e. The summed E-state index contributed by atoms with van der Waals surface area (Å²) in [6, 6.07) is 21.0. The molecule has 3 aromatic heterocycles. The van der Waals surface area contributed by atoms with Gasteiger partial charge in [0, 0.05) is 32.8 Å². The van der Waals surface area contributed by atoms with Gasteiger partial charge < -0.3 is 4.42 Å². The Morgan fingerprint density at radius 2 is 1.65 bits per heavy atom. The first-order valence-corrected chi connectivity index (χ1v) is 10.6. The summed E-state index contributed by atoms with van der Waals surface area (Å²) in [4.78, 5) is 14.1. The van der Waals surface area contributed by atoms with E-state index in [1.54, 1.807) is 6.33 Å². The average Bonchev–Trinajstić information content (AvgIpc) is 3.16. The molecular weight excluding hydrogens is 382 g/mol. The van der Waals surface area contributed by atoms with Crippen molar-refractivity contribution >= 4 is 43.7 Å². The number of nitrogens with zero attached hydrogens (tertiary/aromatic N) is 3. The van der Waals surface area contributed by atoms with Crippen molar-refractivity contribution in [2.24, 2.45) is 0 Å². The van der Waals surface area contributed by atoms with Crippen molar-refractivity contribution in [1.29, 1.82) is 0 Å². The van der Waals surface area contributed by atoms with Crippen LogP contribution in [0.1, 0.15) is 31.0 Å². The third-order valence-electron chi connectivity index (χ3n) is 6.09. The Labute approximate surface area is 179 Å². The number of fused-ring (bicyclic) bond motifs is 6. The monoisotopic (exact) mass is 403 g/mol. The van der Waals surface area contributed by atoms with Gasteiger partial charge in [0.15, 0.2) is 0 Å². The Balaban J connectivity index is 1.68. The topological polar surface area (TPSA) is 51.8 Å². The van der Waals surface area contributed by atoms with Crippen LogP contribution < -0.4 is 0 Å². The second-order valence-electron chi connectivity index (χ2n) is 8.38. The van der Waals surface area contributed by atoms with Crippen molar-refractivity contribution < 1.29 is 4.42 Å². The van der Waals surface area contributed by atoms with Crippen molar-refractivity contribution in [3.63, 3.8) is 0 Å². The molecule has 0 amide bonds. The Hall–Kier alpha value is -3.79. The standard InChI is InChI=1S/C27H21N3O/c1-15(2)22-13-12-19-18-8-5-9-21(26(18)31-27(19)30-22)24-20-11-10-17-7-4-6-16(3)23(17)25(20)29-14-28-24/h4-15H,1-3H3. The van der Waals surface area contributed by atoms with Crippen molar-refractivity contribution in [2.45, 2.75) is 26.7 Å². The van der Waals surface area contributed by atoms with Crippen molar-refractivity contribution in [2.75, 3.05) is 0 Å². The van der Waals surface area contributed by atoms with Crippen LogP contribution >= 0.6 is 0 Å². The molecule has 0 aliphatic carbocycles. The highest BCUT2D eigenvalue weighted by molar-refractivity contribution is 6.14. The highest BCUT2D eigenvalue weighted by Gasteiger charge is 2.17. The summed E-state index contributed by atoms with van der Waals surface area (Å²) in [5.74, 6) is 0.347. The quantitative estimate of drug-likeness (QED) is 0.287. The zero-order valence-electron chi connectivity index (χ0n) is 17.7. The maximum absolute atomic E-state index is 6.32. The number of furan rings is 1. The van der Waals surface area contributed by atoms with Gasteiger partial charge in [0.05, 0.1) is 11.2 Å². The Kier molecular flexibility index (Phi) is 3.84. The predicted octanol–water partition coefficient (Wildman–Crippen LogP) is 7.18. The number of aryl methyl sites for hydroxylation is 1. The largest absolute Gasteiger partial charge is 0.437 e. The normalized spacial score (nSPS) is 12.0. The lowest BCUT2D eigenvalue weighted by Crippen LogP contribution is -1.91. The molecule has 0 saturated heterocycles. The molecule has 6 rings (SSSR count). The van der Waals surface area contributed by atoms with E-state index in [4.69, 9.17) is 9.40 Å². The van der Waals surface area contributed by atoms with Crippen LogP contribution in [0.25, 0.3) is 55.0 Å². The van der Waals surface area contributed by atoms with Crippen LogP contribution in [-0.4, -0.2) is 15.0 Å². The second kappa shape index (κ2) is 6.61. The molecule has 0 N–H and O–H groups in total. The number of hydrogen-bond acceptors (Lipinski definition) is 4. The molecule has 3 heterocycles. The van der Waals surface area contributed by atoms with E-state index in [9.17, 15) is 0 Å². The molecule has 0 aliphatic heterocycles. The van der Waals surface area contributed by atoms with E-state index in [0.29, 0.717) is 11.6 Å². The van der Waals surface area contributed by atoms with Crippen molar-refractivity contribution in [1.82, 2.24) is 15.0 Å². The maximum Gasteiger partial charge on any atom is 0.227 e. The molecule has 150 valence electrons. The number of aromatic nitrogens is 3. The third kappa shape index (κ3) is 2.65. The number of pyridine rings is 1. The first-order valence-electron chi connectivity index (χ1n) is 10.6. The molecule has 0 fully saturated rings. The summed E-state index contributed by atoms with van der Waals surface area (Å²) in [5.41, 5.74) is 6.53. The molecular formula is C27H21N3O. The number of benzene rings is 3. The van der Waals surface area contributed by atoms with Crippen LogP contribution in [0.4, 0.5) is 0 Å². The van der Waals surface area contributed by atoms with Crippen molar-refractivity contribution in [3.8, 4) is 11.3 Å². The molecule has 0 radical (unpaired) electrons. The number of hydrogen-bond donors (Lipinski definition) is 0. The SMILES string of the molecule is Cc1cccc2ccc3c(-c4cccc5c4oc4nc(C(C)C)ccc45)ncnc3c12. The highest BCUT2D eigenvalue weighted by atomic mass is 16.3. The molecule has 4 nitrogen and oxygen atoms in total. The van der Waals surface area contributed by atoms with Crippen LogP contribution in [0.3, 0.4) is 0 Å². The van der Waals surface area contributed by atoms with Crippen molar-refractivity contribution in [3.05, 3.63) is 78.2 Å². The van der Waals surface area contributed by atoms with Gasteiger partial charge in [0.25, 0.3) is 0 Å². The zero-order chi connectivity index (χ0) is 21.1. The van der Waals surface area contributed by atoms with Gasteiger partial charge in [-0.25, -0.2) is 15.0 Å². The van der Waals surface area contributed by atoms with E-state index in [1.807, 2.05) is 0 Å². The van der Waals surface area contributed by atoms with Gasteiger partial charge in [-0.15, -0.1) is 0 Å². The van der Waals surface area contributed by atoms with E-state index in [0.717, 1.165) is 44.2 Å². The fraction of sp³-hybridized carbons (Fsp3) is 0.148. The van der Waals surface area contributed by atoms with Crippen LogP contribution in [0.15, 0.2) is 71.4 Å². The van der Waals surface area contributed by atoms with E-state index < -0.39 is 0 Å². The minimum absolute atomic E-state index is 0.347. The van der Waals surface area contributed by atoms with Crippen LogP contribution in [0, 0.1) is 6.92 Å². The summed E-state index contributed by atoms with van der Waals surface area (Å²) in [6.45, 7) is 6.41. The summed E-state index contributed by atoms with van der Waals surface area (Å²) in [5, 5.41) is 5.46. The molecule has 6 aromatic rings. The fourth-order valence-electron chi connectivity index (χ4n) is 4.49. The van der Waals surface area contributed by atoms with Crippen LogP contribution in [0.5, 0.6) is 0 Å². The van der Waals surface area contributed by atoms with Gasteiger partial charge in [-0.05, 0) is 48.1 Å². The first kappa shape index (κ1) is 18.0. The fourth-order valence-corrected chi connectivity index (χ4v) is 4.49. The van der Waals surface area contributed by atoms with Gasteiger partial charge in [0.2, 0.25) is 5.71 Å². The lowest BCUT2D eigenvalue weighted by atomic mass is 9.98. The molecule has 4 heteroatoms. The smallest absolute Gasteiger partial charge is 0.227 e. The lowest BCUT2D eigenvalue weighted by Gasteiger charge is -2.09. The summed E-state index contributed by atoms with van der Waals surface area (Å²) in [7, 11) is 0. The van der Waals surface area contributed by atoms with E-state index >= 15 is 0 Å². The third-order valence-corrected chi connectivity index (χ3v) is 6.09. The predicted molar refractivity (Wildman–Crippen MR) is 126 cm³/mol. The first-order chi connectivity index (χ1) is 15.1.